The van der Waals surface area contributed by atoms with Gasteiger partial charge in [0.15, 0.2) is 0 Å². The van der Waals surface area contributed by atoms with E-state index < -0.39 is 0 Å². The van der Waals surface area contributed by atoms with E-state index in [0.717, 1.165) is 22.8 Å². The summed E-state index contributed by atoms with van der Waals surface area (Å²) in [5.41, 5.74) is 2.85. The van der Waals surface area contributed by atoms with Crippen LogP contribution < -0.4 is 10.6 Å². The van der Waals surface area contributed by atoms with E-state index in [9.17, 15) is 0 Å². The topological polar surface area (TPSA) is 73.6 Å². The van der Waals surface area contributed by atoms with Crippen molar-refractivity contribution in [2.75, 3.05) is 17.7 Å². The van der Waals surface area contributed by atoms with Gasteiger partial charge in [-0.25, -0.2) is 9.97 Å². The first-order valence-electron chi connectivity index (χ1n) is 6.91. The Morgan fingerprint density at radius 2 is 1.81 bits per heavy atom. The van der Waals surface area contributed by atoms with Crippen LogP contribution in [0.5, 0.6) is 0 Å². The van der Waals surface area contributed by atoms with E-state index in [2.05, 4.69) is 40.5 Å². The van der Waals surface area contributed by atoms with Crippen LogP contribution in [0, 0.1) is 11.3 Å². The van der Waals surface area contributed by atoms with E-state index in [4.69, 9.17) is 5.26 Å². The lowest BCUT2D eigenvalue weighted by Gasteiger charge is -2.16. The van der Waals surface area contributed by atoms with E-state index in [1.807, 2.05) is 31.3 Å². The van der Waals surface area contributed by atoms with Crippen molar-refractivity contribution < 1.29 is 0 Å². The van der Waals surface area contributed by atoms with Crippen LogP contribution in [0.15, 0.2) is 30.6 Å². The van der Waals surface area contributed by atoms with Gasteiger partial charge in [-0.3, -0.25) is 0 Å². The van der Waals surface area contributed by atoms with Gasteiger partial charge < -0.3 is 10.6 Å². The highest BCUT2D eigenvalue weighted by molar-refractivity contribution is 5.58. The molecular weight excluding hydrogens is 262 g/mol. The molecule has 1 heterocycles. The van der Waals surface area contributed by atoms with Crippen LogP contribution in [0.25, 0.3) is 0 Å². The fraction of sp³-hybridized carbons (Fsp3) is 0.312. The Labute approximate surface area is 125 Å². The Bertz CT molecular complexity index is 641. The lowest BCUT2D eigenvalue weighted by Crippen LogP contribution is -2.09. The third-order valence-electron chi connectivity index (χ3n) is 3.24. The molecule has 0 bridgehead atoms. The fourth-order valence-electron chi connectivity index (χ4n) is 2.17. The van der Waals surface area contributed by atoms with Crippen LogP contribution in [0.3, 0.4) is 0 Å². The summed E-state index contributed by atoms with van der Waals surface area (Å²) >= 11 is 0. The first-order valence-corrected chi connectivity index (χ1v) is 6.91. The third-order valence-corrected chi connectivity index (χ3v) is 3.24. The van der Waals surface area contributed by atoms with E-state index in [1.54, 1.807) is 6.33 Å². The van der Waals surface area contributed by atoms with Crippen LogP contribution >= 0.6 is 0 Å². The summed E-state index contributed by atoms with van der Waals surface area (Å²) < 4.78 is 0. The van der Waals surface area contributed by atoms with Crippen LogP contribution in [-0.4, -0.2) is 17.0 Å². The largest absolute Gasteiger partial charge is 0.373 e. The Balaban J connectivity index is 2.17. The molecule has 0 unspecified atom stereocenters. The summed E-state index contributed by atoms with van der Waals surface area (Å²) in [6.45, 7) is 4.89. The predicted octanol–water partition coefficient (Wildman–Crippen LogP) is 3.13. The van der Waals surface area contributed by atoms with E-state index >= 15 is 0 Å². The van der Waals surface area contributed by atoms with Crippen LogP contribution in [0.1, 0.15) is 36.5 Å². The van der Waals surface area contributed by atoms with Crippen molar-refractivity contribution in [1.29, 1.82) is 5.26 Å². The van der Waals surface area contributed by atoms with Gasteiger partial charge in [0.05, 0.1) is 11.6 Å². The van der Waals surface area contributed by atoms with Gasteiger partial charge in [0.2, 0.25) is 0 Å². The second-order valence-electron chi connectivity index (χ2n) is 5.05. The number of anilines is 2. The number of rotatable bonds is 5. The minimum atomic E-state index is 0.317. The first kappa shape index (κ1) is 14.8. The Morgan fingerprint density at radius 3 is 2.38 bits per heavy atom. The zero-order chi connectivity index (χ0) is 15.2. The van der Waals surface area contributed by atoms with Crippen molar-refractivity contribution in [1.82, 2.24) is 9.97 Å². The first-order chi connectivity index (χ1) is 10.2. The Kier molecular flexibility index (Phi) is 4.72. The molecular formula is C16H19N5. The molecule has 0 radical (unpaired) electrons. The van der Waals surface area contributed by atoms with Gasteiger partial charge in [-0.05, 0) is 23.6 Å². The molecule has 2 N–H and O–H groups in total. The highest BCUT2D eigenvalue weighted by Gasteiger charge is 2.13. The molecule has 0 spiro atoms. The van der Waals surface area contributed by atoms with Crippen molar-refractivity contribution in [3.63, 3.8) is 0 Å². The monoisotopic (exact) mass is 281 g/mol. The molecule has 0 aliphatic rings. The number of nitrogens with zero attached hydrogens (tertiary/aromatic N) is 3. The Morgan fingerprint density at radius 1 is 1.14 bits per heavy atom. The molecule has 0 amide bonds. The van der Waals surface area contributed by atoms with Crippen molar-refractivity contribution in [3.8, 4) is 6.07 Å². The van der Waals surface area contributed by atoms with Crippen LogP contribution in [0.4, 0.5) is 11.6 Å². The maximum absolute atomic E-state index is 8.80. The molecule has 2 rings (SSSR count). The number of benzene rings is 1. The van der Waals surface area contributed by atoms with Gasteiger partial charge in [-0.15, -0.1) is 0 Å². The average molecular weight is 281 g/mol. The maximum Gasteiger partial charge on any atom is 0.135 e. The zero-order valence-corrected chi connectivity index (χ0v) is 12.5. The van der Waals surface area contributed by atoms with Crippen LogP contribution in [-0.2, 0) is 6.54 Å². The molecule has 1 aromatic carbocycles. The minimum absolute atomic E-state index is 0.317. The maximum atomic E-state index is 8.80. The van der Waals surface area contributed by atoms with Gasteiger partial charge in [-0.1, -0.05) is 26.0 Å². The van der Waals surface area contributed by atoms with E-state index in [0.29, 0.717) is 18.0 Å². The summed E-state index contributed by atoms with van der Waals surface area (Å²) in [4.78, 5) is 8.60. The number of nitriles is 1. The van der Waals surface area contributed by atoms with Crippen LogP contribution in [0.2, 0.25) is 0 Å². The molecule has 0 saturated carbocycles. The minimum Gasteiger partial charge on any atom is -0.373 e. The summed E-state index contributed by atoms with van der Waals surface area (Å²) in [5.74, 6) is 2.01. The van der Waals surface area contributed by atoms with Crippen molar-refractivity contribution >= 4 is 11.6 Å². The molecule has 21 heavy (non-hydrogen) atoms. The number of hydrogen-bond donors (Lipinski definition) is 2. The normalized spacial score (nSPS) is 10.2. The molecule has 5 nitrogen and oxygen atoms in total. The predicted molar refractivity (Wildman–Crippen MR) is 84.2 cm³/mol. The summed E-state index contributed by atoms with van der Waals surface area (Å²) in [6.07, 6.45) is 1.55. The highest BCUT2D eigenvalue weighted by Crippen LogP contribution is 2.28. The van der Waals surface area contributed by atoms with Gasteiger partial charge >= 0.3 is 0 Å². The summed E-state index contributed by atoms with van der Waals surface area (Å²) in [5, 5.41) is 15.3. The van der Waals surface area contributed by atoms with Crippen molar-refractivity contribution in [3.05, 3.63) is 47.3 Å². The number of nitrogens with one attached hydrogen (secondary N) is 2. The molecule has 0 saturated heterocycles. The third kappa shape index (κ3) is 3.48. The molecule has 0 atom stereocenters. The molecule has 0 aliphatic heterocycles. The summed E-state index contributed by atoms with van der Waals surface area (Å²) in [6, 6.07) is 9.65. The zero-order valence-electron chi connectivity index (χ0n) is 12.5. The van der Waals surface area contributed by atoms with E-state index in [1.165, 1.54) is 0 Å². The standard InChI is InChI=1S/C16H19N5/c1-11(2)14-15(18-3)20-10-21-16(14)19-9-13-6-4-12(8-17)5-7-13/h4-7,10-11H,9H2,1-3H3,(H2,18,19,20,21). The number of hydrogen-bond acceptors (Lipinski definition) is 5. The van der Waals surface area contributed by atoms with Gasteiger partial charge in [-0.2, -0.15) is 5.26 Å². The van der Waals surface area contributed by atoms with Gasteiger partial charge in [0.1, 0.15) is 18.0 Å². The van der Waals surface area contributed by atoms with Gasteiger partial charge in [0.25, 0.3) is 0 Å². The van der Waals surface area contributed by atoms with Crippen molar-refractivity contribution in [2.45, 2.75) is 26.3 Å². The molecule has 1 aromatic heterocycles. The lowest BCUT2D eigenvalue weighted by atomic mass is 10.0. The Hall–Kier alpha value is -2.61. The van der Waals surface area contributed by atoms with Gasteiger partial charge in [0, 0.05) is 19.2 Å². The van der Waals surface area contributed by atoms with Crippen molar-refractivity contribution in [2.24, 2.45) is 0 Å². The summed E-state index contributed by atoms with van der Waals surface area (Å²) in [7, 11) is 1.86. The second-order valence-corrected chi connectivity index (χ2v) is 5.05. The SMILES string of the molecule is CNc1ncnc(NCc2ccc(C#N)cc2)c1C(C)C. The molecule has 5 heteroatoms. The second kappa shape index (κ2) is 6.71. The quantitative estimate of drug-likeness (QED) is 0.880. The average Bonchev–Trinajstić information content (AvgIpc) is 2.52. The van der Waals surface area contributed by atoms with E-state index in [-0.39, 0.29) is 0 Å². The lowest BCUT2D eigenvalue weighted by molar-refractivity contribution is 0.847. The smallest absolute Gasteiger partial charge is 0.135 e. The molecule has 108 valence electrons. The molecule has 0 fully saturated rings. The molecule has 2 aromatic rings. The highest BCUT2D eigenvalue weighted by atomic mass is 15.1. The number of aromatic nitrogens is 2. The molecule has 0 aliphatic carbocycles. The fourth-order valence-corrected chi connectivity index (χ4v) is 2.17.